The van der Waals surface area contributed by atoms with Gasteiger partial charge in [-0.05, 0) is 42.3 Å². The van der Waals surface area contributed by atoms with E-state index in [0.717, 1.165) is 12.2 Å². The minimum Gasteiger partial charge on any atom is -0.492 e. The van der Waals surface area contributed by atoms with Crippen LogP contribution in [0.15, 0.2) is 42.5 Å². The third-order valence-electron chi connectivity index (χ3n) is 3.60. The Kier molecular flexibility index (Phi) is 4.66. The number of aryl methyl sites for hydroxylation is 1. The van der Waals surface area contributed by atoms with E-state index in [1.54, 1.807) is 18.2 Å². The number of ether oxygens (including phenoxy) is 3. The molecule has 1 aliphatic heterocycles. The van der Waals surface area contributed by atoms with Gasteiger partial charge < -0.3 is 19.5 Å². The summed E-state index contributed by atoms with van der Waals surface area (Å²) in [7, 11) is 0. The highest BCUT2D eigenvalue weighted by atomic mass is 16.7. The molecule has 1 aliphatic rings. The fourth-order valence-corrected chi connectivity index (χ4v) is 2.33. The summed E-state index contributed by atoms with van der Waals surface area (Å²) in [5.41, 5.74) is 1.77. The van der Waals surface area contributed by atoms with Gasteiger partial charge in [0.25, 0.3) is 5.91 Å². The zero-order valence-electron chi connectivity index (χ0n) is 13.0. The molecule has 1 amide bonds. The fraction of sp³-hybridized carbons (Fsp3) is 0.278. The van der Waals surface area contributed by atoms with Crippen LogP contribution >= 0.6 is 0 Å². The second-order valence-electron chi connectivity index (χ2n) is 5.17. The molecule has 0 saturated heterocycles. The minimum atomic E-state index is -0.158. The molecule has 3 rings (SSSR count). The molecule has 2 aromatic rings. The smallest absolute Gasteiger partial charge is 0.251 e. The molecule has 5 nitrogen and oxygen atoms in total. The Hall–Kier alpha value is -2.69. The topological polar surface area (TPSA) is 56.8 Å². The summed E-state index contributed by atoms with van der Waals surface area (Å²) in [5.74, 6) is 1.93. The third-order valence-corrected chi connectivity index (χ3v) is 3.60. The lowest BCUT2D eigenvalue weighted by molar-refractivity contribution is 0.0946. The minimum absolute atomic E-state index is 0.158. The first-order chi connectivity index (χ1) is 11.3. The lowest BCUT2D eigenvalue weighted by atomic mass is 10.2. The van der Waals surface area contributed by atoms with E-state index in [9.17, 15) is 4.79 Å². The van der Waals surface area contributed by atoms with Crippen LogP contribution in [0, 0.1) is 0 Å². The number of carbonyl (C=O) groups is 1. The first-order valence-corrected chi connectivity index (χ1v) is 7.66. The van der Waals surface area contributed by atoms with E-state index in [1.165, 1.54) is 5.56 Å². The quantitative estimate of drug-likeness (QED) is 0.833. The molecule has 0 aliphatic carbocycles. The second kappa shape index (κ2) is 7.05. The van der Waals surface area contributed by atoms with Crippen LogP contribution in [0.2, 0.25) is 0 Å². The molecule has 0 atom stereocenters. The average molecular weight is 313 g/mol. The Morgan fingerprint density at radius 3 is 2.91 bits per heavy atom. The second-order valence-corrected chi connectivity index (χ2v) is 5.17. The first-order valence-electron chi connectivity index (χ1n) is 7.66. The number of rotatable bonds is 6. The van der Waals surface area contributed by atoms with Gasteiger partial charge in [-0.3, -0.25) is 4.79 Å². The van der Waals surface area contributed by atoms with E-state index in [1.807, 2.05) is 18.2 Å². The van der Waals surface area contributed by atoms with Crippen molar-refractivity contribution in [2.45, 2.75) is 13.3 Å². The van der Waals surface area contributed by atoms with Crippen LogP contribution < -0.4 is 19.5 Å². The van der Waals surface area contributed by atoms with Gasteiger partial charge >= 0.3 is 0 Å². The van der Waals surface area contributed by atoms with E-state index in [0.29, 0.717) is 30.2 Å². The summed E-state index contributed by atoms with van der Waals surface area (Å²) < 4.78 is 16.1. The van der Waals surface area contributed by atoms with Gasteiger partial charge in [0, 0.05) is 5.56 Å². The van der Waals surface area contributed by atoms with Crippen molar-refractivity contribution in [2.75, 3.05) is 19.9 Å². The van der Waals surface area contributed by atoms with Crippen molar-refractivity contribution in [2.24, 2.45) is 0 Å². The first kappa shape index (κ1) is 15.2. The van der Waals surface area contributed by atoms with Gasteiger partial charge in [-0.15, -0.1) is 0 Å². The highest BCUT2D eigenvalue weighted by Crippen LogP contribution is 2.32. The molecule has 23 heavy (non-hydrogen) atoms. The summed E-state index contributed by atoms with van der Waals surface area (Å²) in [6.07, 6.45) is 0.970. The maximum atomic E-state index is 12.1. The molecular weight excluding hydrogens is 294 g/mol. The van der Waals surface area contributed by atoms with E-state index < -0.39 is 0 Å². The Bertz CT molecular complexity index is 699. The van der Waals surface area contributed by atoms with Crippen LogP contribution in [0.1, 0.15) is 22.8 Å². The molecular formula is C18H19NO4. The molecule has 0 unspecified atom stereocenters. The van der Waals surface area contributed by atoms with Crippen LogP contribution in [-0.2, 0) is 6.42 Å². The van der Waals surface area contributed by atoms with Crippen molar-refractivity contribution in [3.8, 4) is 17.2 Å². The molecule has 0 aromatic heterocycles. The van der Waals surface area contributed by atoms with Crippen LogP contribution in [0.5, 0.6) is 17.2 Å². The summed E-state index contributed by atoms with van der Waals surface area (Å²) in [4.78, 5) is 12.1. The largest absolute Gasteiger partial charge is 0.492 e. The average Bonchev–Trinajstić information content (AvgIpc) is 3.06. The van der Waals surface area contributed by atoms with Crippen molar-refractivity contribution < 1.29 is 19.0 Å². The van der Waals surface area contributed by atoms with Crippen LogP contribution in [0.3, 0.4) is 0 Å². The van der Waals surface area contributed by atoms with E-state index >= 15 is 0 Å². The zero-order chi connectivity index (χ0) is 16.1. The highest BCUT2D eigenvalue weighted by molar-refractivity contribution is 5.94. The van der Waals surface area contributed by atoms with Crippen molar-refractivity contribution in [3.63, 3.8) is 0 Å². The standard InChI is InChI=1S/C18H19NO4/c1-2-13-4-3-5-15(10-13)21-9-8-19-18(20)14-6-7-16-17(11-14)23-12-22-16/h3-7,10-11H,2,8-9,12H2,1H3,(H,19,20). The number of hydrogen-bond acceptors (Lipinski definition) is 4. The number of fused-ring (bicyclic) bond motifs is 1. The van der Waals surface area contributed by atoms with E-state index in [4.69, 9.17) is 14.2 Å². The molecule has 0 radical (unpaired) electrons. The summed E-state index contributed by atoms with van der Waals surface area (Å²) in [6, 6.07) is 13.1. The van der Waals surface area contributed by atoms with Gasteiger partial charge in [0.15, 0.2) is 11.5 Å². The summed E-state index contributed by atoms with van der Waals surface area (Å²) in [5, 5.41) is 2.83. The SMILES string of the molecule is CCc1cccc(OCCNC(=O)c2ccc3c(c2)OCO3)c1. The van der Waals surface area contributed by atoms with Crippen molar-refractivity contribution in [1.29, 1.82) is 0 Å². The number of nitrogens with one attached hydrogen (secondary N) is 1. The molecule has 2 aromatic carbocycles. The van der Waals surface area contributed by atoms with Gasteiger partial charge in [0.1, 0.15) is 12.4 Å². The van der Waals surface area contributed by atoms with Crippen LogP contribution in [0.4, 0.5) is 0 Å². The lowest BCUT2D eigenvalue weighted by Gasteiger charge is -2.09. The number of benzene rings is 2. The summed E-state index contributed by atoms with van der Waals surface area (Å²) in [6.45, 7) is 3.16. The van der Waals surface area contributed by atoms with Gasteiger partial charge in [0.2, 0.25) is 6.79 Å². The molecule has 0 fully saturated rings. The van der Waals surface area contributed by atoms with Gasteiger partial charge in [0.05, 0.1) is 6.54 Å². The monoisotopic (exact) mass is 313 g/mol. The van der Waals surface area contributed by atoms with Crippen molar-refractivity contribution in [3.05, 3.63) is 53.6 Å². The predicted octanol–water partition coefficient (Wildman–Crippen LogP) is 2.79. The van der Waals surface area contributed by atoms with Crippen LogP contribution in [-0.4, -0.2) is 25.9 Å². The Morgan fingerprint density at radius 1 is 1.17 bits per heavy atom. The summed E-state index contributed by atoms with van der Waals surface area (Å²) >= 11 is 0. The number of carbonyl (C=O) groups excluding carboxylic acids is 1. The fourth-order valence-electron chi connectivity index (χ4n) is 2.33. The molecule has 1 N–H and O–H groups in total. The molecule has 120 valence electrons. The van der Waals surface area contributed by atoms with Crippen molar-refractivity contribution >= 4 is 5.91 Å². The lowest BCUT2D eigenvalue weighted by Crippen LogP contribution is -2.28. The normalized spacial score (nSPS) is 12.0. The molecule has 0 saturated carbocycles. The molecule has 1 heterocycles. The maximum Gasteiger partial charge on any atom is 0.251 e. The Morgan fingerprint density at radius 2 is 2.04 bits per heavy atom. The molecule has 0 spiro atoms. The van der Waals surface area contributed by atoms with Gasteiger partial charge in [-0.2, -0.15) is 0 Å². The molecule has 5 heteroatoms. The number of amides is 1. The number of hydrogen-bond donors (Lipinski definition) is 1. The third kappa shape index (κ3) is 3.74. The molecule has 0 bridgehead atoms. The van der Waals surface area contributed by atoms with Crippen molar-refractivity contribution in [1.82, 2.24) is 5.32 Å². The van der Waals surface area contributed by atoms with E-state index in [2.05, 4.69) is 18.3 Å². The van der Waals surface area contributed by atoms with Gasteiger partial charge in [-0.25, -0.2) is 0 Å². The van der Waals surface area contributed by atoms with Crippen LogP contribution in [0.25, 0.3) is 0 Å². The highest BCUT2D eigenvalue weighted by Gasteiger charge is 2.15. The predicted molar refractivity (Wildman–Crippen MR) is 86.2 cm³/mol. The zero-order valence-corrected chi connectivity index (χ0v) is 13.0. The Labute approximate surface area is 135 Å². The van der Waals surface area contributed by atoms with E-state index in [-0.39, 0.29) is 12.7 Å². The Balaban J connectivity index is 1.47. The maximum absolute atomic E-state index is 12.1. The van der Waals surface area contributed by atoms with Gasteiger partial charge in [-0.1, -0.05) is 19.1 Å².